The number of nitrogens with one attached hydrogen (secondary N) is 4. The second-order valence-electron chi connectivity index (χ2n) is 25.9. The average Bonchev–Trinajstić information content (AvgIpc) is 0.843. The van der Waals surface area contributed by atoms with E-state index in [9.17, 15) is 78.8 Å². The quantitative estimate of drug-likeness (QED) is 0.0199. The van der Waals surface area contributed by atoms with Crippen molar-refractivity contribution in [3.05, 3.63) is 0 Å². The normalized spacial score (nSPS) is 24.4. The monoisotopic (exact) mass is 1790 g/mol. The molecule has 3 heterocycles. The number of hydrogen-bond acceptors (Lipinski definition) is 40. The van der Waals surface area contributed by atoms with E-state index >= 15 is 0 Å². The van der Waals surface area contributed by atoms with Crippen molar-refractivity contribution in [1.29, 1.82) is 0 Å². The molecule has 3 aliphatic heterocycles. The summed E-state index contributed by atoms with van der Waals surface area (Å²) in [5.74, 6) is -1.75. The highest BCUT2D eigenvalue weighted by atomic mass is 31.2. The van der Waals surface area contributed by atoms with E-state index in [-0.39, 0.29) is 276 Å². The highest BCUT2D eigenvalue weighted by Gasteiger charge is 2.48. The number of rotatable bonds is 75. The van der Waals surface area contributed by atoms with Gasteiger partial charge in [-0.05, 0) is 19.3 Å². The van der Waals surface area contributed by atoms with E-state index in [2.05, 4.69) is 34.8 Å². The van der Waals surface area contributed by atoms with Crippen LogP contribution in [0.4, 0.5) is 0 Å². The molecule has 0 aromatic heterocycles. The predicted octanol–water partition coefficient (Wildman–Crippen LogP) is -9.05. The largest absolute Gasteiger partial charge is 0.469 e. The molecule has 0 saturated carbocycles. The molecule has 696 valence electrons. The highest BCUT2D eigenvalue weighted by molar-refractivity contribution is 7.46. The van der Waals surface area contributed by atoms with E-state index in [4.69, 9.17) is 129 Å². The fraction of sp³-hybridized carbons (Fsp3) is 0.938. The average molecular weight is 1790 g/mol. The van der Waals surface area contributed by atoms with Crippen molar-refractivity contribution in [3.8, 4) is 0 Å². The molecule has 3 fully saturated rings. The van der Waals surface area contributed by atoms with Gasteiger partial charge in [0.15, 0.2) is 18.9 Å². The molecule has 20 N–H and O–H groups in total. The Balaban J connectivity index is 1.42. The van der Waals surface area contributed by atoms with Crippen LogP contribution in [-0.2, 0) is 141 Å². The van der Waals surface area contributed by atoms with E-state index in [0.717, 1.165) is 0 Å². The van der Waals surface area contributed by atoms with Crippen LogP contribution in [0, 0.1) is 0 Å². The van der Waals surface area contributed by atoms with E-state index in [1.165, 1.54) is 0 Å². The molecular weight excluding hydrogens is 1670 g/mol. The number of aliphatic hydroxyl groups excluding tert-OH is 10. The molecule has 0 aromatic rings. The van der Waals surface area contributed by atoms with E-state index in [0.29, 0.717) is 0 Å². The van der Waals surface area contributed by atoms with Crippen molar-refractivity contribution in [3.63, 3.8) is 0 Å². The van der Waals surface area contributed by atoms with Crippen LogP contribution in [0.2, 0.25) is 0 Å². The second kappa shape index (κ2) is 64.7. The first kappa shape index (κ1) is 109. The van der Waals surface area contributed by atoms with Crippen LogP contribution in [0.15, 0.2) is 0 Å². The fourth-order valence-corrected chi connectivity index (χ4v) is 11.6. The summed E-state index contributed by atoms with van der Waals surface area (Å²) in [6.45, 7) is 1.28. The molecule has 15 atom stereocenters. The number of carbonyl (C=O) groups is 4. The van der Waals surface area contributed by atoms with Gasteiger partial charge in [0.25, 0.3) is 0 Å². The minimum absolute atomic E-state index is 0.00681. The Morgan fingerprint density at radius 2 is 0.500 bits per heavy atom. The van der Waals surface area contributed by atoms with E-state index in [1.807, 2.05) is 0 Å². The van der Waals surface area contributed by atoms with Crippen molar-refractivity contribution in [2.45, 2.75) is 143 Å². The van der Waals surface area contributed by atoms with Crippen molar-refractivity contribution >= 4 is 47.1 Å². The first-order valence-electron chi connectivity index (χ1n) is 38.2. The minimum atomic E-state index is -4.91. The van der Waals surface area contributed by atoms with Gasteiger partial charge in [-0.2, -0.15) is 0 Å². The van der Waals surface area contributed by atoms with Crippen molar-refractivity contribution in [1.82, 2.24) is 21.3 Å². The zero-order chi connectivity index (χ0) is 86.9. The predicted molar refractivity (Wildman–Crippen MR) is 393 cm³/mol. The van der Waals surface area contributed by atoms with Crippen LogP contribution in [-0.4, -0.2) is 453 Å². The summed E-state index contributed by atoms with van der Waals surface area (Å²) in [4.78, 5) is 108. The number of phosphoric ester groups is 3. The Kier molecular flexibility index (Phi) is 59.9. The number of amides is 4. The van der Waals surface area contributed by atoms with Gasteiger partial charge < -0.3 is 196 Å². The lowest BCUT2D eigenvalue weighted by Gasteiger charge is -2.40. The molecule has 3 rings (SSSR count). The summed E-state index contributed by atoms with van der Waals surface area (Å²) in [5, 5.41) is 112. The van der Waals surface area contributed by atoms with Gasteiger partial charge in [-0.25, -0.2) is 13.7 Å². The molecular formula is C65H125N4O46P3. The van der Waals surface area contributed by atoms with Crippen molar-refractivity contribution in [2.75, 3.05) is 251 Å². The van der Waals surface area contributed by atoms with Gasteiger partial charge in [-0.3, -0.25) is 32.7 Å². The smallest absolute Gasteiger partial charge is 0.394 e. The molecule has 4 amide bonds. The second-order valence-corrected chi connectivity index (χ2v) is 29.7. The van der Waals surface area contributed by atoms with Gasteiger partial charge >= 0.3 is 23.5 Å². The first-order valence-corrected chi connectivity index (χ1v) is 42.8. The van der Waals surface area contributed by atoms with E-state index < -0.39 is 165 Å². The molecule has 0 aromatic carbocycles. The summed E-state index contributed by atoms with van der Waals surface area (Å²) < 4.78 is 155. The molecule has 118 heavy (non-hydrogen) atoms. The SMILES string of the molecule is O=C(CCC(CCC(=O)NCCOCCOCCOCCOCCOC1OC(COP(=O)(O)O)C(O)C(O)C1O)(CCC(=O)NCCOCCOCCOCCOCCOC1OC(COP(=O)(O)O)C(O)C(O)C1O)NC(=O)CCOCCOCCO)NCCOCCOCCOCCOCCOC1OC(COP(=O)(O)O)C(O)C(O)C1O. The number of phosphoric acid groups is 3. The minimum Gasteiger partial charge on any atom is -0.394 e. The Hall–Kier alpha value is -2.99. The van der Waals surface area contributed by atoms with E-state index in [1.54, 1.807) is 0 Å². The zero-order valence-electron chi connectivity index (χ0n) is 65.7. The number of carbonyl (C=O) groups excluding carboxylic acids is 4. The fourth-order valence-electron chi connectivity index (χ4n) is 10.6. The molecule has 15 unspecified atom stereocenters. The summed E-state index contributed by atoms with van der Waals surface area (Å²) >= 11 is 0. The Morgan fingerprint density at radius 1 is 0.280 bits per heavy atom. The molecule has 0 aliphatic carbocycles. The summed E-state index contributed by atoms with van der Waals surface area (Å²) in [5.41, 5.74) is -1.29. The molecule has 0 spiro atoms. The summed E-state index contributed by atoms with van der Waals surface area (Å²) in [6, 6.07) is 0. The maximum Gasteiger partial charge on any atom is 0.469 e. The molecule has 0 bridgehead atoms. The molecule has 3 aliphatic rings. The van der Waals surface area contributed by atoms with Crippen LogP contribution in [0.3, 0.4) is 0 Å². The van der Waals surface area contributed by atoms with Gasteiger partial charge in [-0.1, -0.05) is 0 Å². The van der Waals surface area contributed by atoms with Crippen molar-refractivity contribution in [2.24, 2.45) is 0 Å². The lowest BCUT2D eigenvalue weighted by molar-refractivity contribution is -0.301. The van der Waals surface area contributed by atoms with Crippen LogP contribution in [0.1, 0.15) is 44.9 Å². The van der Waals surface area contributed by atoms with Crippen LogP contribution < -0.4 is 21.3 Å². The van der Waals surface area contributed by atoms with Gasteiger partial charge in [-0.15, -0.1) is 0 Å². The molecule has 53 heteroatoms. The third-order valence-electron chi connectivity index (χ3n) is 16.8. The number of ether oxygens (including phenoxy) is 20. The standard InChI is InChI=1S/C65H125N4O46P3/c70-11-16-97-21-17-93-12-4-52(74)69-65(5-1-49(71)66-8-13-94-18-22-98-25-28-101-31-34-104-37-40-107-62-59(81)56(78)53(75)46(113-62)43-110-116(84,85)86,6-2-50(72)67-9-14-95-19-23-99-26-29-102-32-35-105-38-41-108-63-60(82)57(79)54(76)47(114-63)44-111-117(87,88)89)7-3-51(73)68-10-15-96-20-24-100-27-30-103-33-36-106-39-42-109-64-61(83)58(80)55(77)48(115-64)45-112-118(90,91)92/h46-48,53-64,70,75-83H,1-45H2,(H,66,71)(H,67,72)(H,68,73)(H,69,74)(H2,84,85,86)(H2,87,88,89)(H2,90,91,92). The molecule has 50 nitrogen and oxygen atoms in total. The Bertz CT molecular complexity index is 2490. The lowest BCUT2D eigenvalue weighted by atomic mass is 9.83. The van der Waals surface area contributed by atoms with Gasteiger partial charge in [0.2, 0.25) is 23.6 Å². The number of hydrogen-bond donors (Lipinski definition) is 20. The van der Waals surface area contributed by atoms with Crippen LogP contribution in [0.5, 0.6) is 0 Å². The maximum absolute atomic E-state index is 13.7. The molecule has 0 radical (unpaired) electrons. The topological polar surface area (TPSA) is 704 Å². The summed E-state index contributed by atoms with van der Waals surface area (Å²) in [6.07, 6.45) is -24.6. The summed E-state index contributed by atoms with van der Waals surface area (Å²) in [7, 11) is -14.7. The number of aliphatic hydroxyl groups is 10. The Morgan fingerprint density at radius 3 is 0.737 bits per heavy atom. The Labute approximate surface area is 681 Å². The first-order chi connectivity index (χ1) is 56.4. The maximum atomic E-state index is 13.7. The van der Waals surface area contributed by atoms with Gasteiger partial charge in [0.1, 0.15) is 73.2 Å². The van der Waals surface area contributed by atoms with Gasteiger partial charge in [0, 0.05) is 50.9 Å². The van der Waals surface area contributed by atoms with Crippen LogP contribution >= 0.6 is 23.5 Å². The zero-order valence-corrected chi connectivity index (χ0v) is 68.4. The van der Waals surface area contributed by atoms with Gasteiger partial charge in [0.05, 0.1) is 231 Å². The third-order valence-corrected chi connectivity index (χ3v) is 18.2. The van der Waals surface area contributed by atoms with Crippen LogP contribution in [0.25, 0.3) is 0 Å². The highest BCUT2D eigenvalue weighted by Crippen LogP contribution is 2.39. The van der Waals surface area contributed by atoms with Crippen molar-refractivity contribution < 1.29 is 222 Å². The molecule has 3 saturated heterocycles. The lowest BCUT2D eigenvalue weighted by Crippen LogP contribution is -2.59. The third kappa shape index (κ3) is 52.7.